The second kappa shape index (κ2) is 7.72. The molecule has 1 aromatic carbocycles. The molecule has 25 heavy (non-hydrogen) atoms. The molecule has 2 amide bonds. The first kappa shape index (κ1) is 17.5. The molecule has 1 aromatic rings. The van der Waals surface area contributed by atoms with Crippen LogP contribution in [0.2, 0.25) is 0 Å². The Labute approximate surface area is 149 Å². The van der Waals surface area contributed by atoms with Crippen LogP contribution in [0.25, 0.3) is 5.57 Å². The molecule has 0 spiro atoms. The van der Waals surface area contributed by atoms with Crippen LogP contribution in [0.5, 0.6) is 5.75 Å². The lowest BCUT2D eigenvalue weighted by atomic mass is 10.0. The Balaban J connectivity index is 1.97. The molecule has 0 saturated carbocycles. The first-order valence-electron chi connectivity index (χ1n) is 9.26. The largest absolute Gasteiger partial charge is 0.494 e. The lowest BCUT2D eigenvalue weighted by Gasteiger charge is -2.20. The van der Waals surface area contributed by atoms with Gasteiger partial charge in [0.15, 0.2) is 0 Å². The van der Waals surface area contributed by atoms with E-state index in [9.17, 15) is 9.59 Å². The van der Waals surface area contributed by atoms with Gasteiger partial charge in [-0.15, -0.1) is 0 Å². The number of rotatable bonds is 7. The minimum atomic E-state index is -0.162. The van der Waals surface area contributed by atoms with E-state index < -0.39 is 0 Å². The van der Waals surface area contributed by atoms with Crippen molar-refractivity contribution in [1.29, 1.82) is 0 Å². The number of carbonyl (C=O) groups excluding carboxylic acids is 2. The monoisotopic (exact) mass is 342 g/mol. The van der Waals surface area contributed by atoms with E-state index in [1.54, 1.807) is 0 Å². The maximum absolute atomic E-state index is 13.0. The number of ether oxygens (including phenoxy) is 1. The molecule has 0 bridgehead atoms. The second-order valence-electron chi connectivity index (χ2n) is 6.49. The van der Waals surface area contributed by atoms with Crippen LogP contribution in [0.1, 0.15) is 45.1 Å². The minimum absolute atomic E-state index is 0.135. The van der Waals surface area contributed by atoms with Crippen LogP contribution in [-0.2, 0) is 9.59 Å². The zero-order valence-electron chi connectivity index (χ0n) is 15.1. The summed E-state index contributed by atoms with van der Waals surface area (Å²) in [7, 11) is 0. The van der Waals surface area contributed by atoms with E-state index in [1.807, 2.05) is 31.2 Å². The van der Waals surface area contributed by atoms with Crippen molar-refractivity contribution in [3.8, 4) is 5.75 Å². The summed E-state index contributed by atoms with van der Waals surface area (Å²) in [4.78, 5) is 29.4. The number of benzene rings is 1. The highest BCUT2D eigenvalue weighted by atomic mass is 16.5. The van der Waals surface area contributed by atoms with E-state index >= 15 is 0 Å². The van der Waals surface area contributed by atoms with Crippen molar-refractivity contribution >= 4 is 17.4 Å². The minimum Gasteiger partial charge on any atom is -0.494 e. The van der Waals surface area contributed by atoms with E-state index in [-0.39, 0.29) is 11.8 Å². The van der Waals surface area contributed by atoms with Gasteiger partial charge in [-0.2, -0.15) is 0 Å². The van der Waals surface area contributed by atoms with Gasteiger partial charge in [-0.1, -0.05) is 25.5 Å². The van der Waals surface area contributed by atoms with E-state index in [0.29, 0.717) is 24.4 Å². The fourth-order valence-corrected chi connectivity index (χ4v) is 3.46. The van der Waals surface area contributed by atoms with Gasteiger partial charge in [0.05, 0.1) is 12.2 Å². The van der Waals surface area contributed by atoms with Crippen LogP contribution >= 0.6 is 0 Å². The molecule has 0 radical (unpaired) electrons. The molecule has 3 rings (SSSR count). The molecular formula is C20H26N2O3. The Hall–Kier alpha value is -2.30. The lowest BCUT2D eigenvalue weighted by Crippen LogP contribution is -2.35. The standard InChI is InChI=1S/C20H26N2O3/c1-3-5-14-22-19(23)17(15-8-10-16(11-9-15)25-4-2)18(20(22)24)21-12-6-7-13-21/h8-11H,3-7,12-14H2,1-2H3. The summed E-state index contributed by atoms with van der Waals surface area (Å²) >= 11 is 0. The second-order valence-corrected chi connectivity index (χ2v) is 6.49. The summed E-state index contributed by atoms with van der Waals surface area (Å²) in [5.41, 5.74) is 1.93. The summed E-state index contributed by atoms with van der Waals surface area (Å²) in [6.07, 6.45) is 3.92. The summed E-state index contributed by atoms with van der Waals surface area (Å²) in [6, 6.07) is 7.48. The lowest BCUT2D eigenvalue weighted by molar-refractivity contribution is -0.137. The fraction of sp³-hybridized carbons (Fsp3) is 0.500. The number of hydrogen-bond donors (Lipinski definition) is 0. The van der Waals surface area contributed by atoms with Gasteiger partial charge in [0.1, 0.15) is 11.4 Å². The Morgan fingerprint density at radius 1 is 1.00 bits per heavy atom. The van der Waals surface area contributed by atoms with Gasteiger partial charge in [-0.3, -0.25) is 14.5 Å². The first-order valence-corrected chi connectivity index (χ1v) is 9.26. The summed E-state index contributed by atoms with van der Waals surface area (Å²) < 4.78 is 5.48. The van der Waals surface area contributed by atoms with Gasteiger partial charge in [0, 0.05) is 19.6 Å². The van der Waals surface area contributed by atoms with Gasteiger partial charge in [0.25, 0.3) is 11.8 Å². The SMILES string of the molecule is CCCCN1C(=O)C(c2ccc(OCC)cc2)=C(N2CCCC2)C1=O. The number of carbonyl (C=O) groups is 2. The molecule has 5 nitrogen and oxygen atoms in total. The number of likely N-dealkylation sites (tertiary alicyclic amines) is 1. The van der Waals surface area contributed by atoms with Crippen LogP contribution < -0.4 is 4.74 Å². The van der Waals surface area contributed by atoms with Crippen molar-refractivity contribution in [2.24, 2.45) is 0 Å². The molecule has 134 valence electrons. The number of unbranched alkanes of at least 4 members (excludes halogenated alkanes) is 1. The number of hydrogen-bond acceptors (Lipinski definition) is 4. The highest BCUT2D eigenvalue weighted by molar-refractivity contribution is 6.35. The smallest absolute Gasteiger partial charge is 0.277 e. The molecule has 0 unspecified atom stereocenters. The Morgan fingerprint density at radius 2 is 1.68 bits per heavy atom. The molecular weight excluding hydrogens is 316 g/mol. The third kappa shape index (κ3) is 3.41. The van der Waals surface area contributed by atoms with Gasteiger partial charge in [-0.05, 0) is 43.9 Å². The van der Waals surface area contributed by atoms with Crippen molar-refractivity contribution in [2.75, 3.05) is 26.2 Å². The summed E-state index contributed by atoms with van der Waals surface area (Å²) in [5.74, 6) is 0.475. The molecule has 5 heteroatoms. The van der Waals surface area contributed by atoms with Gasteiger partial charge in [-0.25, -0.2) is 0 Å². The molecule has 2 aliphatic rings. The predicted molar refractivity (Wildman–Crippen MR) is 97.0 cm³/mol. The van der Waals surface area contributed by atoms with Crippen LogP contribution in [0.4, 0.5) is 0 Å². The van der Waals surface area contributed by atoms with Crippen molar-refractivity contribution in [1.82, 2.24) is 9.80 Å². The number of imide groups is 1. The molecule has 1 saturated heterocycles. The first-order chi connectivity index (χ1) is 12.2. The van der Waals surface area contributed by atoms with E-state index in [2.05, 4.69) is 11.8 Å². The molecule has 0 aliphatic carbocycles. The van der Waals surface area contributed by atoms with Crippen molar-refractivity contribution in [3.05, 3.63) is 35.5 Å². The summed E-state index contributed by atoms with van der Waals surface area (Å²) in [5, 5.41) is 0. The summed E-state index contributed by atoms with van der Waals surface area (Å²) in [6.45, 7) is 6.78. The third-order valence-corrected chi connectivity index (χ3v) is 4.76. The highest BCUT2D eigenvalue weighted by Gasteiger charge is 2.41. The Bertz CT molecular complexity index is 673. The van der Waals surface area contributed by atoms with E-state index in [4.69, 9.17) is 4.74 Å². The van der Waals surface area contributed by atoms with Crippen LogP contribution in [-0.4, -0.2) is 47.9 Å². The fourth-order valence-electron chi connectivity index (χ4n) is 3.46. The third-order valence-electron chi connectivity index (χ3n) is 4.76. The van der Waals surface area contributed by atoms with Gasteiger partial charge in [0.2, 0.25) is 0 Å². The van der Waals surface area contributed by atoms with Crippen LogP contribution in [0, 0.1) is 0 Å². The van der Waals surface area contributed by atoms with E-state index in [0.717, 1.165) is 50.1 Å². The van der Waals surface area contributed by atoms with Crippen LogP contribution in [0.3, 0.4) is 0 Å². The van der Waals surface area contributed by atoms with Crippen molar-refractivity contribution < 1.29 is 14.3 Å². The quantitative estimate of drug-likeness (QED) is 0.715. The number of amides is 2. The van der Waals surface area contributed by atoms with Crippen molar-refractivity contribution in [3.63, 3.8) is 0 Å². The maximum atomic E-state index is 13.0. The Kier molecular flexibility index (Phi) is 5.41. The number of nitrogens with zero attached hydrogens (tertiary/aromatic N) is 2. The Morgan fingerprint density at radius 3 is 2.28 bits per heavy atom. The zero-order valence-corrected chi connectivity index (χ0v) is 15.1. The van der Waals surface area contributed by atoms with Crippen LogP contribution in [0.15, 0.2) is 30.0 Å². The predicted octanol–water partition coefficient (Wildman–Crippen LogP) is 3.06. The molecule has 2 heterocycles. The van der Waals surface area contributed by atoms with Crippen molar-refractivity contribution in [2.45, 2.75) is 39.5 Å². The topological polar surface area (TPSA) is 49.9 Å². The van der Waals surface area contributed by atoms with Gasteiger partial charge >= 0.3 is 0 Å². The average Bonchev–Trinajstić information content (AvgIpc) is 3.22. The molecule has 0 N–H and O–H groups in total. The molecule has 1 fully saturated rings. The maximum Gasteiger partial charge on any atom is 0.277 e. The average molecular weight is 342 g/mol. The normalized spacial score (nSPS) is 17.8. The van der Waals surface area contributed by atoms with Gasteiger partial charge < -0.3 is 9.64 Å². The highest BCUT2D eigenvalue weighted by Crippen LogP contribution is 2.34. The molecule has 0 aromatic heterocycles. The zero-order chi connectivity index (χ0) is 17.8. The molecule has 0 atom stereocenters. The van der Waals surface area contributed by atoms with E-state index in [1.165, 1.54) is 4.90 Å². The molecule has 2 aliphatic heterocycles.